The van der Waals surface area contributed by atoms with E-state index in [1.807, 2.05) is 6.07 Å². The molecule has 21 heavy (non-hydrogen) atoms. The molecular weight excluding hydrogens is 263 g/mol. The maximum atomic E-state index is 13.4. The molecule has 1 aliphatic carbocycles. The average molecular weight is 292 g/mol. The lowest BCUT2D eigenvalue weighted by atomic mass is 9.75. The van der Waals surface area contributed by atoms with E-state index in [4.69, 9.17) is 5.73 Å². The summed E-state index contributed by atoms with van der Waals surface area (Å²) in [4.78, 5) is 2.51. The zero-order chi connectivity index (χ0) is 15.3. The second-order valence-electron chi connectivity index (χ2n) is 6.66. The predicted molar refractivity (Wildman–Crippen MR) is 86.5 cm³/mol. The Balaban J connectivity index is 2.16. The maximum Gasteiger partial charge on any atom is 0.123 e. The van der Waals surface area contributed by atoms with Crippen LogP contribution < -0.4 is 5.73 Å². The molecule has 0 spiro atoms. The molecule has 0 amide bonds. The largest absolute Gasteiger partial charge is 0.329 e. The van der Waals surface area contributed by atoms with Crippen LogP contribution in [0.25, 0.3) is 0 Å². The van der Waals surface area contributed by atoms with Crippen molar-refractivity contribution in [3.05, 3.63) is 35.6 Å². The molecule has 0 unspecified atom stereocenters. The molecule has 2 rings (SSSR count). The molecule has 1 aromatic rings. The highest BCUT2D eigenvalue weighted by molar-refractivity contribution is 5.17. The van der Waals surface area contributed by atoms with E-state index >= 15 is 0 Å². The smallest absolute Gasteiger partial charge is 0.123 e. The van der Waals surface area contributed by atoms with Gasteiger partial charge in [-0.15, -0.1) is 0 Å². The van der Waals surface area contributed by atoms with Crippen LogP contribution in [0.1, 0.15) is 51.5 Å². The second-order valence-corrected chi connectivity index (χ2v) is 6.66. The van der Waals surface area contributed by atoms with Gasteiger partial charge in [0.25, 0.3) is 0 Å². The van der Waals surface area contributed by atoms with Gasteiger partial charge in [-0.1, -0.05) is 26.0 Å². The Hall–Kier alpha value is -0.930. The molecule has 2 nitrogen and oxygen atoms in total. The molecular formula is C18H29FN2. The monoisotopic (exact) mass is 292 g/mol. The summed E-state index contributed by atoms with van der Waals surface area (Å²) in [5, 5.41) is 0. The van der Waals surface area contributed by atoms with E-state index in [1.54, 1.807) is 12.1 Å². The Labute approximate surface area is 128 Å². The molecule has 0 aliphatic heterocycles. The molecule has 1 aromatic carbocycles. The van der Waals surface area contributed by atoms with Crippen LogP contribution in [0.4, 0.5) is 4.39 Å². The quantitative estimate of drug-likeness (QED) is 0.860. The zero-order valence-electron chi connectivity index (χ0n) is 13.4. The van der Waals surface area contributed by atoms with E-state index in [0.717, 1.165) is 31.0 Å². The summed E-state index contributed by atoms with van der Waals surface area (Å²) in [7, 11) is 0. The van der Waals surface area contributed by atoms with Crippen LogP contribution in [0.5, 0.6) is 0 Å². The molecule has 0 saturated heterocycles. The number of nitrogens with two attached hydrogens (primary N) is 1. The number of nitrogens with zero attached hydrogens (tertiary/aromatic N) is 1. The summed E-state index contributed by atoms with van der Waals surface area (Å²) in [6.07, 6.45) is 5.94. The Kier molecular flexibility index (Phi) is 5.77. The number of hydrogen-bond donors (Lipinski definition) is 1. The first kappa shape index (κ1) is 16.4. The summed E-state index contributed by atoms with van der Waals surface area (Å²) in [6, 6.07) is 6.97. The van der Waals surface area contributed by atoms with Gasteiger partial charge in [-0.3, -0.25) is 4.90 Å². The third-order valence-electron chi connectivity index (χ3n) is 5.01. The van der Waals surface area contributed by atoms with E-state index in [1.165, 1.54) is 31.7 Å². The first-order valence-corrected chi connectivity index (χ1v) is 8.29. The van der Waals surface area contributed by atoms with Gasteiger partial charge in [0.15, 0.2) is 0 Å². The van der Waals surface area contributed by atoms with Gasteiger partial charge >= 0.3 is 0 Å². The van der Waals surface area contributed by atoms with Crippen LogP contribution in [0.2, 0.25) is 0 Å². The Morgan fingerprint density at radius 2 is 2.05 bits per heavy atom. The van der Waals surface area contributed by atoms with Crippen LogP contribution in [0, 0.1) is 11.7 Å². The number of hydrogen-bond acceptors (Lipinski definition) is 2. The topological polar surface area (TPSA) is 29.3 Å². The van der Waals surface area contributed by atoms with E-state index < -0.39 is 0 Å². The van der Waals surface area contributed by atoms with Crippen LogP contribution >= 0.6 is 0 Å². The van der Waals surface area contributed by atoms with Crippen LogP contribution in [-0.2, 0) is 6.54 Å². The van der Waals surface area contributed by atoms with Crippen molar-refractivity contribution in [2.45, 2.75) is 58.0 Å². The summed E-state index contributed by atoms with van der Waals surface area (Å²) in [5.74, 6) is 0.658. The van der Waals surface area contributed by atoms with Crippen LogP contribution in [0.3, 0.4) is 0 Å². The lowest BCUT2D eigenvalue weighted by Crippen LogP contribution is -2.55. The molecule has 118 valence electrons. The van der Waals surface area contributed by atoms with Gasteiger partial charge in [-0.25, -0.2) is 4.39 Å². The molecule has 0 heterocycles. The van der Waals surface area contributed by atoms with Crippen LogP contribution in [0.15, 0.2) is 24.3 Å². The van der Waals surface area contributed by atoms with Gasteiger partial charge in [0.05, 0.1) is 0 Å². The number of rotatable bonds is 6. The van der Waals surface area contributed by atoms with Crippen molar-refractivity contribution in [3.63, 3.8) is 0 Å². The maximum absolute atomic E-state index is 13.4. The first-order chi connectivity index (χ1) is 10.1. The molecule has 1 saturated carbocycles. The highest BCUT2D eigenvalue weighted by Gasteiger charge is 2.37. The second kappa shape index (κ2) is 7.37. The summed E-state index contributed by atoms with van der Waals surface area (Å²) in [5.41, 5.74) is 7.34. The zero-order valence-corrected chi connectivity index (χ0v) is 13.4. The normalized spacial score (nSPS) is 26.2. The third kappa shape index (κ3) is 4.04. The number of benzene rings is 1. The Bertz CT molecular complexity index is 439. The van der Waals surface area contributed by atoms with Crippen molar-refractivity contribution in [2.24, 2.45) is 11.7 Å². The van der Waals surface area contributed by atoms with Gasteiger partial charge < -0.3 is 5.73 Å². The number of halogens is 1. The SMILES string of the molecule is CCCN(Cc1cccc(F)c1)C1(CN)CCC(C)CC1. The first-order valence-electron chi connectivity index (χ1n) is 8.29. The van der Waals surface area contributed by atoms with E-state index in [2.05, 4.69) is 18.7 Å². The van der Waals surface area contributed by atoms with Crippen molar-refractivity contribution in [3.8, 4) is 0 Å². The minimum atomic E-state index is -0.150. The van der Waals surface area contributed by atoms with Crippen molar-refractivity contribution in [1.82, 2.24) is 4.90 Å². The van der Waals surface area contributed by atoms with Gasteiger partial charge in [0.1, 0.15) is 5.82 Å². The summed E-state index contributed by atoms with van der Waals surface area (Å²) < 4.78 is 13.4. The molecule has 3 heteroatoms. The lowest BCUT2D eigenvalue weighted by molar-refractivity contribution is 0.0376. The minimum Gasteiger partial charge on any atom is -0.329 e. The Morgan fingerprint density at radius 1 is 1.33 bits per heavy atom. The standard InChI is InChI=1S/C18H29FN2/c1-3-11-21(13-16-5-4-6-17(19)12-16)18(14-20)9-7-15(2)8-10-18/h4-6,12,15H,3,7-11,13-14,20H2,1-2H3. The predicted octanol–water partition coefficient (Wildman–Crippen LogP) is 3.95. The fourth-order valence-corrected chi connectivity index (χ4v) is 3.56. The molecule has 1 aliphatic rings. The molecule has 0 radical (unpaired) electrons. The van der Waals surface area contributed by atoms with Crippen molar-refractivity contribution < 1.29 is 4.39 Å². The molecule has 1 fully saturated rings. The fraction of sp³-hybridized carbons (Fsp3) is 0.667. The van der Waals surface area contributed by atoms with E-state index in [0.29, 0.717) is 6.54 Å². The van der Waals surface area contributed by atoms with Gasteiger partial charge in [-0.05, 0) is 62.3 Å². The highest BCUT2D eigenvalue weighted by Crippen LogP contribution is 2.36. The van der Waals surface area contributed by atoms with Crippen molar-refractivity contribution in [1.29, 1.82) is 0 Å². The molecule has 2 N–H and O–H groups in total. The van der Waals surface area contributed by atoms with Crippen LogP contribution in [-0.4, -0.2) is 23.5 Å². The third-order valence-corrected chi connectivity index (χ3v) is 5.01. The van der Waals surface area contributed by atoms with Gasteiger partial charge in [0, 0.05) is 18.6 Å². The van der Waals surface area contributed by atoms with Gasteiger partial charge in [0.2, 0.25) is 0 Å². The average Bonchev–Trinajstić information content (AvgIpc) is 2.48. The fourth-order valence-electron chi connectivity index (χ4n) is 3.56. The highest BCUT2D eigenvalue weighted by atomic mass is 19.1. The molecule has 0 bridgehead atoms. The summed E-state index contributed by atoms with van der Waals surface area (Å²) in [6.45, 7) is 7.07. The van der Waals surface area contributed by atoms with Crippen molar-refractivity contribution in [2.75, 3.05) is 13.1 Å². The summed E-state index contributed by atoms with van der Waals surface area (Å²) >= 11 is 0. The van der Waals surface area contributed by atoms with Crippen molar-refractivity contribution >= 4 is 0 Å². The van der Waals surface area contributed by atoms with E-state index in [-0.39, 0.29) is 11.4 Å². The Morgan fingerprint density at radius 3 is 2.62 bits per heavy atom. The lowest BCUT2D eigenvalue weighted by Gasteiger charge is -2.47. The molecule has 0 aromatic heterocycles. The molecule has 0 atom stereocenters. The van der Waals surface area contributed by atoms with E-state index in [9.17, 15) is 4.39 Å². The minimum absolute atomic E-state index is 0.106. The van der Waals surface area contributed by atoms with Gasteiger partial charge in [-0.2, -0.15) is 0 Å².